The standard InChI is InChI=1S/C17H25NO3/c1-2-18(14-5-3-4-6-14)12-15(19)13-7-8-16-17(11-13)21-10-9-20-16/h7-8,11,14-15,19H,2-6,9-10,12H2,1H3. The van der Waals surface area contributed by atoms with Crippen LogP contribution in [0, 0.1) is 0 Å². The van der Waals surface area contributed by atoms with Crippen molar-refractivity contribution in [3.8, 4) is 11.5 Å². The van der Waals surface area contributed by atoms with Crippen molar-refractivity contribution in [2.45, 2.75) is 44.8 Å². The highest BCUT2D eigenvalue weighted by Crippen LogP contribution is 2.33. The number of rotatable bonds is 5. The zero-order valence-electron chi connectivity index (χ0n) is 12.8. The van der Waals surface area contributed by atoms with Crippen molar-refractivity contribution in [3.63, 3.8) is 0 Å². The molecule has 1 saturated carbocycles. The predicted octanol–water partition coefficient (Wildman–Crippen LogP) is 2.76. The number of ether oxygens (including phenoxy) is 2. The molecule has 4 nitrogen and oxygen atoms in total. The van der Waals surface area contributed by atoms with Gasteiger partial charge < -0.3 is 14.6 Å². The van der Waals surface area contributed by atoms with E-state index in [0.29, 0.717) is 25.8 Å². The zero-order valence-corrected chi connectivity index (χ0v) is 12.8. The molecule has 1 N–H and O–H groups in total. The number of benzene rings is 1. The van der Waals surface area contributed by atoms with Gasteiger partial charge in [-0.05, 0) is 37.1 Å². The van der Waals surface area contributed by atoms with Crippen LogP contribution in [-0.4, -0.2) is 42.4 Å². The smallest absolute Gasteiger partial charge is 0.161 e. The molecule has 1 unspecified atom stereocenters. The van der Waals surface area contributed by atoms with Crippen molar-refractivity contribution < 1.29 is 14.6 Å². The Labute approximate surface area is 126 Å². The lowest BCUT2D eigenvalue weighted by atomic mass is 10.1. The van der Waals surface area contributed by atoms with Crippen molar-refractivity contribution in [1.82, 2.24) is 4.90 Å². The minimum Gasteiger partial charge on any atom is -0.486 e. The molecule has 21 heavy (non-hydrogen) atoms. The van der Waals surface area contributed by atoms with E-state index in [4.69, 9.17) is 9.47 Å². The van der Waals surface area contributed by atoms with Crippen molar-refractivity contribution in [1.29, 1.82) is 0 Å². The minimum atomic E-state index is -0.471. The summed E-state index contributed by atoms with van der Waals surface area (Å²) in [6.07, 6.45) is 4.70. The van der Waals surface area contributed by atoms with E-state index in [0.717, 1.165) is 23.6 Å². The number of likely N-dealkylation sites (N-methyl/N-ethyl adjacent to an activating group) is 1. The molecule has 1 heterocycles. The number of nitrogens with zero attached hydrogens (tertiary/aromatic N) is 1. The van der Waals surface area contributed by atoms with Crippen molar-refractivity contribution in [2.24, 2.45) is 0 Å². The molecule has 2 aliphatic rings. The third kappa shape index (κ3) is 3.33. The van der Waals surface area contributed by atoms with E-state index in [-0.39, 0.29) is 0 Å². The van der Waals surface area contributed by atoms with Crippen LogP contribution in [0.4, 0.5) is 0 Å². The molecule has 1 atom stereocenters. The van der Waals surface area contributed by atoms with E-state index in [2.05, 4.69) is 11.8 Å². The Kier molecular flexibility index (Phi) is 4.66. The Morgan fingerprint density at radius 3 is 2.62 bits per heavy atom. The summed E-state index contributed by atoms with van der Waals surface area (Å²) in [5, 5.41) is 10.5. The molecular formula is C17H25NO3. The van der Waals surface area contributed by atoms with Crippen LogP contribution in [0.5, 0.6) is 11.5 Å². The molecule has 0 saturated heterocycles. The second-order valence-corrected chi connectivity index (χ2v) is 5.94. The monoisotopic (exact) mass is 291 g/mol. The number of aliphatic hydroxyl groups is 1. The van der Waals surface area contributed by atoms with Crippen LogP contribution in [0.15, 0.2) is 18.2 Å². The lowest BCUT2D eigenvalue weighted by Gasteiger charge is -2.30. The van der Waals surface area contributed by atoms with Crippen LogP contribution in [0.1, 0.15) is 44.3 Å². The zero-order chi connectivity index (χ0) is 14.7. The lowest BCUT2D eigenvalue weighted by molar-refractivity contribution is 0.0907. The largest absolute Gasteiger partial charge is 0.486 e. The van der Waals surface area contributed by atoms with E-state index in [9.17, 15) is 5.11 Å². The van der Waals surface area contributed by atoms with Crippen molar-refractivity contribution in [3.05, 3.63) is 23.8 Å². The van der Waals surface area contributed by atoms with Gasteiger partial charge in [0.25, 0.3) is 0 Å². The molecule has 0 aromatic heterocycles. The molecule has 0 spiro atoms. The van der Waals surface area contributed by atoms with Crippen molar-refractivity contribution >= 4 is 0 Å². The molecule has 1 aromatic carbocycles. The fourth-order valence-corrected chi connectivity index (χ4v) is 3.40. The van der Waals surface area contributed by atoms with Gasteiger partial charge in [0.2, 0.25) is 0 Å². The molecule has 4 heteroatoms. The fraction of sp³-hybridized carbons (Fsp3) is 0.647. The SMILES string of the molecule is CCN(CC(O)c1ccc2c(c1)OCCO2)C1CCCC1. The maximum absolute atomic E-state index is 10.5. The predicted molar refractivity (Wildman–Crippen MR) is 81.9 cm³/mol. The topological polar surface area (TPSA) is 41.9 Å². The summed E-state index contributed by atoms with van der Waals surface area (Å²) in [4.78, 5) is 2.41. The van der Waals surface area contributed by atoms with Gasteiger partial charge in [-0.2, -0.15) is 0 Å². The van der Waals surface area contributed by atoms with Gasteiger partial charge in [-0.25, -0.2) is 0 Å². The highest BCUT2D eigenvalue weighted by atomic mass is 16.6. The molecule has 0 amide bonds. The van der Waals surface area contributed by atoms with Gasteiger partial charge in [-0.1, -0.05) is 25.8 Å². The molecule has 3 rings (SSSR count). The van der Waals surface area contributed by atoms with Crippen LogP contribution < -0.4 is 9.47 Å². The number of hydrogen-bond acceptors (Lipinski definition) is 4. The molecule has 1 fully saturated rings. The van der Waals surface area contributed by atoms with Crippen LogP contribution in [0.2, 0.25) is 0 Å². The summed E-state index contributed by atoms with van der Waals surface area (Å²) in [6.45, 7) is 5.04. The second-order valence-electron chi connectivity index (χ2n) is 5.94. The summed E-state index contributed by atoms with van der Waals surface area (Å²) >= 11 is 0. The van der Waals surface area contributed by atoms with Crippen LogP contribution in [-0.2, 0) is 0 Å². The molecule has 116 valence electrons. The van der Waals surface area contributed by atoms with Crippen LogP contribution >= 0.6 is 0 Å². The highest BCUT2D eigenvalue weighted by Gasteiger charge is 2.24. The summed E-state index contributed by atoms with van der Waals surface area (Å²) in [7, 11) is 0. The van der Waals surface area contributed by atoms with E-state index >= 15 is 0 Å². The summed E-state index contributed by atoms with van der Waals surface area (Å²) < 4.78 is 11.1. The first kappa shape index (κ1) is 14.7. The maximum atomic E-state index is 10.5. The van der Waals surface area contributed by atoms with Gasteiger partial charge in [-0.15, -0.1) is 0 Å². The Bertz CT molecular complexity index is 471. The first-order valence-electron chi connectivity index (χ1n) is 8.09. The van der Waals surface area contributed by atoms with Gasteiger partial charge in [0.15, 0.2) is 11.5 Å². The Morgan fingerprint density at radius 2 is 1.90 bits per heavy atom. The number of aliphatic hydroxyl groups excluding tert-OH is 1. The third-order valence-corrected chi connectivity index (χ3v) is 4.61. The van der Waals surface area contributed by atoms with E-state index in [1.165, 1.54) is 25.7 Å². The number of hydrogen-bond donors (Lipinski definition) is 1. The highest BCUT2D eigenvalue weighted by molar-refractivity contribution is 5.44. The quantitative estimate of drug-likeness (QED) is 0.906. The first-order chi connectivity index (χ1) is 10.3. The molecular weight excluding hydrogens is 266 g/mol. The summed E-state index contributed by atoms with van der Waals surface area (Å²) in [6, 6.07) is 6.41. The van der Waals surface area contributed by atoms with Gasteiger partial charge >= 0.3 is 0 Å². The first-order valence-corrected chi connectivity index (χ1v) is 8.09. The van der Waals surface area contributed by atoms with Gasteiger partial charge in [0, 0.05) is 12.6 Å². The van der Waals surface area contributed by atoms with Gasteiger partial charge in [-0.3, -0.25) is 4.90 Å². The average molecular weight is 291 g/mol. The normalized spacial score (nSPS) is 20.0. The molecule has 0 radical (unpaired) electrons. The maximum Gasteiger partial charge on any atom is 0.161 e. The summed E-state index contributed by atoms with van der Waals surface area (Å²) in [5.74, 6) is 1.53. The number of fused-ring (bicyclic) bond motifs is 1. The van der Waals surface area contributed by atoms with E-state index < -0.39 is 6.10 Å². The Hall–Kier alpha value is -1.26. The third-order valence-electron chi connectivity index (χ3n) is 4.61. The molecule has 1 aliphatic heterocycles. The average Bonchev–Trinajstić information content (AvgIpc) is 3.06. The second kappa shape index (κ2) is 6.67. The van der Waals surface area contributed by atoms with Crippen molar-refractivity contribution in [2.75, 3.05) is 26.3 Å². The Morgan fingerprint density at radius 1 is 1.19 bits per heavy atom. The summed E-state index contributed by atoms with van der Waals surface area (Å²) in [5.41, 5.74) is 0.913. The Balaban J connectivity index is 1.67. The van der Waals surface area contributed by atoms with Gasteiger partial charge in [0.05, 0.1) is 6.10 Å². The van der Waals surface area contributed by atoms with E-state index in [1.807, 2.05) is 18.2 Å². The van der Waals surface area contributed by atoms with Crippen LogP contribution in [0.3, 0.4) is 0 Å². The lowest BCUT2D eigenvalue weighted by Crippen LogP contribution is -2.36. The van der Waals surface area contributed by atoms with Gasteiger partial charge in [0.1, 0.15) is 13.2 Å². The minimum absolute atomic E-state index is 0.471. The molecule has 0 bridgehead atoms. The molecule has 1 aliphatic carbocycles. The molecule has 1 aromatic rings. The van der Waals surface area contributed by atoms with E-state index in [1.54, 1.807) is 0 Å². The van der Waals surface area contributed by atoms with Crippen LogP contribution in [0.25, 0.3) is 0 Å². The fourth-order valence-electron chi connectivity index (χ4n) is 3.40.